The summed E-state index contributed by atoms with van der Waals surface area (Å²) in [6.07, 6.45) is 0.356. The van der Waals surface area contributed by atoms with Crippen LogP contribution in [0.5, 0.6) is 0 Å². The summed E-state index contributed by atoms with van der Waals surface area (Å²) in [5.74, 6) is -1.51. The Hall–Kier alpha value is -2.41. The number of aryl methyl sites for hydroxylation is 1. The minimum Gasteiger partial charge on any atom is -0.451 e. The molecule has 0 saturated heterocycles. The molecule has 2 N–H and O–H groups in total. The molecule has 0 aliphatic carbocycles. The molecule has 22 heavy (non-hydrogen) atoms. The highest BCUT2D eigenvalue weighted by molar-refractivity contribution is 6.37. The molecule has 8 heteroatoms. The summed E-state index contributed by atoms with van der Waals surface area (Å²) in [4.78, 5) is 34.3. The van der Waals surface area contributed by atoms with E-state index in [4.69, 9.17) is 16.3 Å². The molecule has 0 atom stereocenters. The van der Waals surface area contributed by atoms with Crippen LogP contribution in [0.4, 0.5) is 5.69 Å². The highest BCUT2D eigenvalue weighted by Crippen LogP contribution is 2.22. The number of ether oxygens (including phenoxy) is 1. The number of halogens is 1. The van der Waals surface area contributed by atoms with Crippen LogP contribution in [0.2, 0.25) is 5.02 Å². The van der Waals surface area contributed by atoms with Crippen LogP contribution in [0.3, 0.4) is 0 Å². The number of carbonyl (C=O) groups is 3. The zero-order valence-corrected chi connectivity index (χ0v) is 12.6. The largest absolute Gasteiger partial charge is 0.451 e. The number of esters is 1. The fourth-order valence-electron chi connectivity index (χ4n) is 1.74. The standard InChI is InChI=1S/C14H14ClN3O4/c1-8-2-3-10(9(15)6-8)16-13(20)7-22-14(21)11-4-5-12(19)18-17-11/h2-3,6H,4-5,7H2,1H3,(H,16,20)(H,18,19). The zero-order chi connectivity index (χ0) is 16.1. The predicted octanol–water partition coefficient (Wildman–Crippen LogP) is 1.40. The number of carbonyl (C=O) groups excluding carboxylic acids is 3. The summed E-state index contributed by atoms with van der Waals surface area (Å²) >= 11 is 5.99. The molecule has 0 radical (unpaired) electrons. The molecule has 1 aliphatic heterocycles. The molecular formula is C14H14ClN3O4. The van der Waals surface area contributed by atoms with E-state index in [1.54, 1.807) is 18.2 Å². The third kappa shape index (κ3) is 4.29. The van der Waals surface area contributed by atoms with Crippen molar-refractivity contribution in [2.75, 3.05) is 11.9 Å². The molecule has 0 aromatic heterocycles. The van der Waals surface area contributed by atoms with E-state index in [0.717, 1.165) is 5.56 Å². The van der Waals surface area contributed by atoms with Crippen molar-refractivity contribution in [3.63, 3.8) is 0 Å². The second kappa shape index (κ2) is 7.04. The monoisotopic (exact) mass is 323 g/mol. The number of hydrazone groups is 1. The first-order valence-electron chi connectivity index (χ1n) is 6.54. The second-order valence-corrected chi connectivity index (χ2v) is 5.11. The number of hydrogen-bond donors (Lipinski definition) is 2. The lowest BCUT2D eigenvalue weighted by molar-refractivity contribution is -0.140. The van der Waals surface area contributed by atoms with Gasteiger partial charge in [0.15, 0.2) is 6.61 Å². The summed E-state index contributed by atoms with van der Waals surface area (Å²) in [5.41, 5.74) is 3.67. The molecular weight excluding hydrogens is 310 g/mol. The number of amides is 2. The quantitative estimate of drug-likeness (QED) is 0.818. The lowest BCUT2D eigenvalue weighted by Crippen LogP contribution is -2.32. The van der Waals surface area contributed by atoms with Gasteiger partial charge in [-0.2, -0.15) is 5.10 Å². The lowest BCUT2D eigenvalue weighted by Gasteiger charge is -2.12. The van der Waals surface area contributed by atoms with Gasteiger partial charge in [-0.25, -0.2) is 10.2 Å². The van der Waals surface area contributed by atoms with Crippen LogP contribution >= 0.6 is 11.6 Å². The number of nitrogens with one attached hydrogen (secondary N) is 2. The van der Waals surface area contributed by atoms with Crippen molar-refractivity contribution in [1.29, 1.82) is 0 Å². The molecule has 0 saturated carbocycles. The minimum atomic E-state index is -0.731. The van der Waals surface area contributed by atoms with Crippen LogP contribution in [0, 0.1) is 6.92 Å². The number of benzene rings is 1. The van der Waals surface area contributed by atoms with Crippen molar-refractivity contribution in [2.45, 2.75) is 19.8 Å². The fraction of sp³-hybridized carbons (Fsp3) is 0.286. The first-order chi connectivity index (χ1) is 10.5. The number of nitrogens with zero attached hydrogens (tertiary/aromatic N) is 1. The van der Waals surface area contributed by atoms with Crippen molar-refractivity contribution in [3.05, 3.63) is 28.8 Å². The SMILES string of the molecule is Cc1ccc(NC(=O)COC(=O)C2=NNC(=O)CC2)c(Cl)c1. The maximum Gasteiger partial charge on any atom is 0.355 e. The van der Waals surface area contributed by atoms with E-state index < -0.39 is 18.5 Å². The Balaban J connectivity index is 1.85. The third-order valence-corrected chi connectivity index (χ3v) is 3.19. The molecule has 2 rings (SSSR count). The molecule has 1 aromatic carbocycles. The minimum absolute atomic E-state index is 0.0840. The third-order valence-electron chi connectivity index (χ3n) is 2.87. The summed E-state index contributed by atoms with van der Waals surface area (Å²) in [6.45, 7) is 1.42. The fourth-order valence-corrected chi connectivity index (χ4v) is 2.03. The number of anilines is 1. The van der Waals surface area contributed by atoms with E-state index in [-0.39, 0.29) is 24.5 Å². The van der Waals surface area contributed by atoms with Gasteiger partial charge in [-0.15, -0.1) is 0 Å². The smallest absolute Gasteiger partial charge is 0.355 e. The average Bonchev–Trinajstić information content (AvgIpc) is 2.48. The zero-order valence-electron chi connectivity index (χ0n) is 11.8. The van der Waals surface area contributed by atoms with E-state index in [2.05, 4.69) is 15.8 Å². The molecule has 0 fully saturated rings. The van der Waals surface area contributed by atoms with E-state index in [0.29, 0.717) is 10.7 Å². The first kappa shape index (κ1) is 16.0. The van der Waals surface area contributed by atoms with Crippen LogP contribution < -0.4 is 10.7 Å². The topological polar surface area (TPSA) is 96.9 Å². The first-order valence-corrected chi connectivity index (χ1v) is 6.92. The van der Waals surface area contributed by atoms with Crippen molar-refractivity contribution in [3.8, 4) is 0 Å². The Morgan fingerprint density at radius 2 is 2.18 bits per heavy atom. The van der Waals surface area contributed by atoms with Gasteiger partial charge in [0, 0.05) is 12.8 Å². The molecule has 1 aliphatic rings. The summed E-state index contributed by atoms with van der Waals surface area (Å²) in [6, 6.07) is 5.17. The Bertz CT molecular complexity index is 657. The van der Waals surface area contributed by atoms with Crippen LogP contribution in [0.25, 0.3) is 0 Å². The maximum atomic E-state index is 11.7. The Labute approximate surface area is 131 Å². The molecule has 116 valence electrons. The van der Waals surface area contributed by atoms with Crippen LogP contribution in [0.15, 0.2) is 23.3 Å². The van der Waals surface area contributed by atoms with Crippen molar-refractivity contribution in [2.24, 2.45) is 5.10 Å². The van der Waals surface area contributed by atoms with Crippen molar-refractivity contribution >= 4 is 40.8 Å². The maximum absolute atomic E-state index is 11.7. The van der Waals surface area contributed by atoms with Crippen LogP contribution in [-0.2, 0) is 19.1 Å². The van der Waals surface area contributed by atoms with Gasteiger partial charge < -0.3 is 10.1 Å². The van der Waals surface area contributed by atoms with Gasteiger partial charge in [-0.05, 0) is 24.6 Å². The average molecular weight is 324 g/mol. The van der Waals surface area contributed by atoms with Gasteiger partial charge in [-0.3, -0.25) is 9.59 Å². The van der Waals surface area contributed by atoms with E-state index in [1.807, 2.05) is 6.92 Å². The Morgan fingerprint density at radius 3 is 2.82 bits per heavy atom. The summed E-state index contributed by atoms with van der Waals surface area (Å²) < 4.78 is 4.84. The highest BCUT2D eigenvalue weighted by atomic mass is 35.5. The van der Waals surface area contributed by atoms with Crippen molar-refractivity contribution in [1.82, 2.24) is 5.43 Å². The molecule has 0 unspecified atom stereocenters. The number of rotatable bonds is 4. The highest BCUT2D eigenvalue weighted by Gasteiger charge is 2.20. The van der Waals surface area contributed by atoms with Gasteiger partial charge >= 0.3 is 5.97 Å². The lowest BCUT2D eigenvalue weighted by atomic mass is 10.2. The van der Waals surface area contributed by atoms with E-state index in [1.165, 1.54) is 0 Å². The van der Waals surface area contributed by atoms with Gasteiger partial charge in [-0.1, -0.05) is 17.7 Å². The van der Waals surface area contributed by atoms with Gasteiger partial charge in [0.2, 0.25) is 5.91 Å². The molecule has 7 nitrogen and oxygen atoms in total. The van der Waals surface area contributed by atoms with Crippen LogP contribution in [-0.4, -0.2) is 30.1 Å². The van der Waals surface area contributed by atoms with Crippen LogP contribution in [0.1, 0.15) is 18.4 Å². The molecule has 0 bridgehead atoms. The molecule has 1 heterocycles. The molecule has 1 aromatic rings. The van der Waals surface area contributed by atoms with E-state index in [9.17, 15) is 14.4 Å². The predicted molar refractivity (Wildman–Crippen MR) is 80.6 cm³/mol. The van der Waals surface area contributed by atoms with E-state index >= 15 is 0 Å². The Kier molecular flexibility index (Phi) is 5.11. The van der Waals surface area contributed by atoms with Crippen molar-refractivity contribution < 1.29 is 19.1 Å². The molecule has 2 amide bonds. The number of hydrogen-bond acceptors (Lipinski definition) is 5. The van der Waals surface area contributed by atoms with Gasteiger partial charge in [0.05, 0.1) is 10.7 Å². The summed E-state index contributed by atoms with van der Waals surface area (Å²) in [5, 5.41) is 6.53. The van der Waals surface area contributed by atoms with Gasteiger partial charge in [0.1, 0.15) is 5.71 Å². The molecule has 0 spiro atoms. The summed E-state index contributed by atoms with van der Waals surface area (Å²) in [7, 11) is 0. The Morgan fingerprint density at radius 1 is 1.41 bits per heavy atom. The second-order valence-electron chi connectivity index (χ2n) is 4.70. The van der Waals surface area contributed by atoms with Gasteiger partial charge in [0.25, 0.3) is 5.91 Å². The normalized spacial score (nSPS) is 13.9.